The second kappa shape index (κ2) is 10.4. The largest absolute Gasteiger partial charge is 0.497 e. The molecule has 0 unspecified atom stereocenters. The first-order valence-corrected chi connectivity index (χ1v) is 9.95. The van der Waals surface area contributed by atoms with Crippen LogP contribution in [0.2, 0.25) is 5.02 Å². The molecule has 27 heavy (non-hydrogen) atoms. The van der Waals surface area contributed by atoms with E-state index in [1.165, 1.54) is 11.9 Å². The lowest BCUT2D eigenvalue weighted by molar-refractivity contribution is 0.0970. The fourth-order valence-electron chi connectivity index (χ4n) is 2.63. The zero-order valence-corrected chi connectivity index (χ0v) is 17.5. The molecule has 0 bridgehead atoms. The van der Waals surface area contributed by atoms with Crippen LogP contribution in [0.5, 0.6) is 17.2 Å². The van der Waals surface area contributed by atoms with Gasteiger partial charge in [0.25, 0.3) is 0 Å². The minimum atomic E-state index is 0.0606. The Morgan fingerprint density at radius 1 is 1.04 bits per heavy atom. The zero-order valence-electron chi connectivity index (χ0n) is 16.0. The molecule has 0 saturated carbocycles. The number of hydrogen-bond donors (Lipinski definition) is 0. The topological polar surface area (TPSA) is 48.0 Å². The van der Waals surface area contributed by atoms with Gasteiger partial charge in [-0.15, -0.1) is 0 Å². The van der Waals surface area contributed by atoms with Crippen molar-refractivity contribution < 1.29 is 19.0 Å². The number of carbonyl (C=O) groups excluding carboxylic acids is 1. The number of carbonyl (C=O) groups is 1. The van der Waals surface area contributed by atoms with Crippen LogP contribution in [-0.4, -0.2) is 50.8 Å². The van der Waals surface area contributed by atoms with Crippen molar-refractivity contribution in [1.29, 1.82) is 0 Å². The molecule has 0 radical (unpaired) electrons. The Balaban J connectivity index is 2.01. The highest BCUT2D eigenvalue weighted by atomic mass is 35.5. The van der Waals surface area contributed by atoms with Crippen molar-refractivity contribution in [2.45, 2.75) is 6.42 Å². The lowest BCUT2D eigenvalue weighted by atomic mass is 10.1. The van der Waals surface area contributed by atoms with Crippen LogP contribution < -0.4 is 14.2 Å². The minimum Gasteiger partial charge on any atom is -0.497 e. The van der Waals surface area contributed by atoms with Crippen molar-refractivity contribution in [1.82, 2.24) is 4.31 Å². The van der Waals surface area contributed by atoms with E-state index in [9.17, 15) is 4.79 Å². The normalized spacial score (nSPS) is 10.7. The van der Waals surface area contributed by atoms with Gasteiger partial charge >= 0.3 is 0 Å². The second-order valence-electron chi connectivity index (χ2n) is 5.72. The molecule has 0 fully saturated rings. The van der Waals surface area contributed by atoms with E-state index in [-0.39, 0.29) is 5.78 Å². The summed E-state index contributed by atoms with van der Waals surface area (Å²) in [4.78, 5) is 12.5. The first-order valence-electron chi connectivity index (χ1n) is 8.39. The van der Waals surface area contributed by atoms with Crippen LogP contribution in [0, 0.1) is 0 Å². The Bertz CT molecular complexity index is 767. The van der Waals surface area contributed by atoms with E-state index in [1.54, 1.807) is 45.6 Å². The maximum atomic E-state index is 12.5. The summed E-state index contributed by atoms with van der Waals surface area (Å²) in [7, 11) is 4.74. The minimum absolute atomic E-state index is 0.0606. The second-order valence-corrected chi connectivity index (χ2v) is 6.98. The van der Waals surface area contributed by atoms with Crippen molar-refractivity contribution in [2.24, 2.45) is 0 Å². The van der Waals surface area contributed by atoms with Crippen molar-refractivity contribution in [3.8, 4) is 17.2 Å². The lowest BCUT2D eigenvalue weighted by Crippen LogP contribution is -2.25. The molecule has 7 heteroatoms. The van der Waals surface area contributed by atoms with Gasteiger partial charge in [-0.1, -0.05) is 29.6 Å². The van der Waals surface area contributed by atoms with Gasteiger partial charge in [0, 0.05) is 12.1 Å². The number of ether oxygens (including phenoxy) is 3. The van der Waals surface area contributed by atoms with Crippen LogP contribution in [0.25, 0.3) is 0 Å². The van der Waals surface area contributed by atoms with E-state index in [4.69, 9.17) is 25.8 Å². The summed E-state index contributed by atoms with van der Waals surface area (Å²) < 4.78 is 17.7. The van der Waals surface area contributed by atoms with Crippen LogP contribution >= 0.6 is 23.5 Å². The molecule has 0 aliphatic heterocycles. The molecule has 2 rings (SSSR count). The predicted octanol–water partition coefficient (Wildman–Crippen LogP) is 4.37. The third-order valence-electron chi connectivity index (χ3n) is 4.19. The molecular formula is C20H24ClNO4S. The van der Waals surface area contributed by atoms with Crippen molar-refractivity contribution in [3.05, 3.63) is 52.5 Å². The van der Waals surface area contributed by atoms with Crippen LogP contribution in [0.15, 0.2) is 36.4 Å². The van der Waals surface area contributed by atoms with Crippen LogP contribution in [0.3, 0.4) is 0 Å². The zero-order chi connectivity index (χ0) is 19.8. The fourth-order valence-corrected chi connectivity index (χ4v) is 3.48. The molecule has 0 atom stereocenters. The van der Waals surface area contributed by atoms with E-state index in [1.807, 2.05) is 22.7 Å². The summed E-state index contributed by atoms with van der Waals surface area (Å²) in [5.41, 5.74) is 1.62. The smallest absolute Gasteiger partial charge is 0.179 e. The van der Waals surface area contributed by atoms with Gasteiger partial charge in [0.1, 0.15) is 5.75 Å². The molecule has 0 heterocycles. The van der Waals surface area contributed by atoms with Gasteiger partial charge in [-0.3, -0.25) is 4.79 Å². The maximum absolute atomic E-state index is 12.5. The standard InChI is InChI=1S/C20H24ClNO4S/c1-24-16-8-5-14(6-9-16)17(23)13-22(27-4)12-11-15-7-10-18(25-2)20(26-3)19(15)21/h5-10H,11-13H2,1-4H3. The Labute approximate surface area is 169 Å². The van der Waals surface area contributed by atoms with Gasteiger partial charge in [0.2, 0.25) is 0 Å². The van der Waals surface area contributed by atoms with E-state index in [0.29, 0.717) is 41.6 Å². The van der Waals surface area contributed by atoms with Gasteiger partial charge < -0.3 is 14.2 Å². The summed E-state index contributed by atoms with van der Waals surface area (Å²) in [6.45, 7) is 0.997. The molecule has 0 amide bonds. The highest BCUT2D eigenvalue weighted by Gasteiger charge is 2.16. The third kappa shape index (κ3) is 5.54. The average Bonchev–Trinajstić information content (AvgIpc) is 2.71. The number of benzene rings is 2. The first kappa shape index (κ1) is 21.4. The van der Waals surface area contributed by atoms with E-state index < -0.39 is 0 Å². The van der Waals surface area contributed by atoms with Gasteiger partial charge in [-0.05, 0) is 48.6 Å². The highest BCUT2D eigenvalue weighted by Crippen LogP contribution is 2.37. The van der Waals surface area contributed by atoms with Gasteiger partial charge in [-0.25, -0.2) is 4.31 Å². The fraction of sp³-hybridized carbons (Fsp3) is 0.350. The Morgan fingerprint density at radius 2 is 1.74 bits per heavy atom. The van der Waals surface area contributed by atoms with E-state index in [2.05, 4.69) is 0 Å². The maximum Gasteiger partial charge on any atom is 0.179 e. The summed E-state index contributed by atoms with van der Waals surface area (Å²) in [6, 6.07) is 10.9. The monoisotopic (exact) mass is 409 g/mol. The molecule has 5 nitrogen and oxygen atoms in total. The summed E-state index contributed by atoms with van der Waals surface area (Å²) >= 11 is 7.97. The van der Waals surface area contributed by atoms with Crippen molar-refractivity contribution >= 4 is 29.3 Å². The SMILES string of the molecule is COc1ccc(C(=O)CN(CCc2ccc(OC)c(OC)c2Cl)SC)cc1. The molecule has 0 aliphatic carbocycles. The summed E-state index contributed by atoms with van der Waals surface area (Å²) in [6.07, 6.45) is 2.65. The Kier molecular flexibility index (Phi) is 8.28. The molecule has 0 aromatic heterocycles. The molecule has 0 N–H and O–H groups in total. The van der Waals surface area contributed by atoms with Crippen LogP contribution in [0.1, 0.15) is 15.9 Å². The van der Waals surface area contributed by atoms with E-state index in [0.717, 1.165) is 11.3 Å². The molecule has 2 aromatic carbocycles. The van der Waals surface area contributed by atoms with Gasteiger partial charge in [0.05, 0.1) is 32.9 Å². The predicted molar refractivity (Wildman–Crippen MR) is 111 cm³/mol. The van der Waals surface area contributed by atoms with Crippen LogP contribution in [-0.2, 0) is 6.42 Å². The third-order valence-corrected chi connectivity index (χ3v) is 5.43. The molecule has 0 spiro atoms. The Hall–Kier alpha value is -1.89. The Morgan fingerprint density at radius 3 is 2.30 bits per heavy atom. The number of rotatable bonds is 10. The first-order chi connectivity index (χ1) is 13.0. The number of nitrogens with zero attached hydrogens (tertiary/aromatic N) is 1. The van der Waals surface area contributed by atoms with E-state index >= 15 is 0 Å². The number of Topliss-reactive ketones (excluding diaryl/α,β-unsaturated/α-hetero) is 1. The lowest BCUT2D eigenvalue weighted by Gasteiger charge is -2.19. The summed E-state index contributed by atoms with van der Waals surface area (Å²) in [5, 5.41) is 0.541. The van der Waals surface area contributed by atoms with Crippen molar-refractivity contribution in [2.75, 3.05) is 40.7 Å². The van der Waals surface area contributed by atoms with Crippen LogP contribution in [0.4, 0.5) is 0 Å². The molecule has 146 valence electrons. The molecule has 2 aromatic rings. The number of ketones is 1. The molecular weight excluding hydrogens is 386 g/mol. The van der Waals surface area contributed by atoms with Gasteiger partial charge in [-0.2, -0.15) is 0 Å². The molecule has 0 aliphatic rings. The highest BCUT2D eigenvalue weighted by molar-refractivity contribution is 7.96. The summed E-state index contributed by atoms with van der Waals surface area (Å²) in [5.74, 6) is 1.92. The van der Waals surface area contributed by atoms with Gasteiger partial charge in [0.15, 0.2) is 17.3 Å². The molecule has 0 saturated heterocycles. The average molecular weight is 410 g/mol. The number of halogens is 1. The number of hydrogen-bond acceptors (Lipinski definition) is 6. The number of methoxy groups -OCH3 is 3. The quantitative estimate of drug-likeness (QED) is 0.429. The van der Waals surface area contributed by atoms with Crippen molar-refractivity contribution in [3.63, 3.8) is 0 Å².